The van der Waals surface area contributed by atoms with Crippen LogP contribution in [0.5, 0.6) is 0 Å². The predicted molar refractivity (Wildman–Crippen MR) is 98.0 cm³/mol. The second-order valence-corrected chi connectivity index (χ2v) is 7.22. The van der Waals surface area contributed by atoms with Gasteiger partial charge in [-0.15, -0.1) is 11.3 Å². The number of rotatable bonds is 6. The number of nitro groups is 1. The molecule has 1 atom stereocenters. The fourth-order valence-electron chi connectivity index (χ4n) is 3.18. The zero-order chi connectivity index (χ0) is 17.8. The molecule has 1 N–H and O–H groups in total. The first-order chi connectivity index (χ1) is 12.1. The number of nitrogens with one attached hydrogen (secondary N) is 1. The summed E-state index contributed by atoms with van der Waals surface area (Å²) in [5.74, 6) is -0.274. The largest absolute Gasteiger partial charge is 0.350 e. The SMILES string of the molecule is Cc1ccc(C(=O)NCC(c2cccs2)N2CCCC2)cc1[N+](=O)[O-]. The Morgan fingerprint density at radius 1 is 1.36 bits per heavy atom. The summed E-state index contributed by atoms with van der Waals surface area (Å²) in [7, 11) is 0. The molecule has 1 aliphatic heterocycles. The number of hydrogen-bond acceptors (Lipinski definition) is 5. The molecule has 1 aromatic heterocycles. The molecule has 7 heteroatoms. The van der Waals surface area contributed by atoms with E-state index in [0.717, 1.165) is 13.1 Å². The van der Waals surface area contributed by atoms with E-state index in [1.165, 1.54) is 23.8 Å². The van der Waals surface area contributed by atoms with E-state index in [1.54, 1.807) is 30.4 Å². The Labute approximate surface area is 150 Å². The number of nitrogens with zero attached hydrogens (tertiary/aromatic N) is 2. The van der Waals surface area contributed by atoms with Crippen LogP contribution in [0.15, 0.2) is 35.7 Å². The minimum Gasteiger partial charge on any atom is -0.350 e. The van der Waals surface area contributed by atoms with Gasteiger partial charge in [0.15, 0.2) is 0 Å². The molecule has 1 saturated heterocycles. The fourth-order valence-corrected chi connectivity index (χ4v) is 4.04. The van der Waals surface area contributed by atoms with E-state index in [-0.39, 0.29) is 17.6 Å². The lowest BCUT2D eigenvalue weighted by Crippen LogP contribution is -2.36. The van der Waals surface area contributed by atoms with Crippen LogP contribution < -0.4 is 5.32 Å². The first-order valence-corrected chi connectivity index (χ1v) is 9.25. The Balaban J connectivity index is 1.71. The standard InChI is InChI=1S/C18H21N3O3S/c1-13-6-7-14(11-15(13)21(23)24)18(22)19-12-16(17-5-4-10-25-17)20-8-2-3-9-20/h4-7,10-11,16H,2-3,8-9,12H2,1H3,(H,19,22). The van der Waals surface area contributed by atoms with Gasteiger partial charge in [0, 0.05) is 28.6 Å². The Morgan fingerprint density at radius 3 is 2.76 bits per heavy atom. The van der Waals surface area contributed by atoms with E-state index in [4.69, 9.17) is 0 Å². The van der Waals surface area contributed by atoms with Crippen molar-refractivity contribution in [1.29, 1.82) is 0 Å². The van der Waals surface area contributed by atoms with Crippen molar-refractivity contribution in [2.75, 3.05) is 19.6 Å². The van der Waals surface area contributed by atoms with Crippen molar-refractivity contribution in [3.05, 3.63) is 61.8 Å². The summed E-state index contributed by atoms with van der Waals surface area (Å²) in [6, 6.07) is 8.87. The third-order valence-corrected chi connectivity index (χ3v) is 5.55. The highest BCUT2D eigenvalue weighted by molar-refractivity contribution is 7.10. The normalized spacial score (nSPS) is 15.9. The van der Waals surface area contributed by atoms with Gasteiger partial charge >= 0.3 is 0 Å². The quantitative estimate of drug-likeness (QED) is 0.632. The monoisotopic (exact) mass is 359 g/mol. The first kappa shape index (κ1) is 17.6. The van der Waals surface area contributed by atoms with Crippen molar-refractivity contribution < 1.29 is 9.72 Å². The lowest BCUT2D eigenvalue weighted by atomic mass is 10.1. The van der Waals surface area contributed by atoms with Crippen molar-refractivity contribution in [1.82, 2.24) is 10.2 Å². The zero-order valence-corrected chi connectivity index (χ0v) is 14.9. The van der Waals surface area contributed by atoms with E-state index in [0.29, 0.717) is 17.7 Å². The van der Waals surface area contributed by atoms with Crippen LogP contribution in [-0.4, -0.2) is 35.4 Å². The summed E-state index contributed by atoms with van der Waals surface area (Å²) < 4.78 is 0. The Kier molecular flexibility index (Phi) is 5.45. The number of hydrogen-bond donors (Lipinski definition) is 1. The maximum Gasteiger partial charge on any atom is 0.273 e. The molecule has 1 aromatic carbocycles. The van der Waals surface area contributed by atoms with Gasteiger partial charge < -0.3 is 5.32 Å². The smallest absolute Gasteiger partial charge is 0.273 e. The molecular weight excluding hydrogens is 338 g/mol. The molecule has 0 aliphatic carbocycles. The molecule has 1 aliphatic rings. The van der Waals surface area contributed by atoms with Crippen LogP contribution in [0.4, 0.5) is 5.69 Å². The third kappa shape index (κ3) is 4.05. The Morgan fingerprint density at radius 2 is 2.12 bits per heavy atom. The number of benzene rings is 1. The van der Waals surface area contributed by atoms with Crippen LogP contribution in [0, 0.1) is 17.0 Å². The van der Waals surface area contributed by atoms with Crippen LogP contribution in [0.2, 0.25) is 0 Å². The minimum atomic E-state index is -0.454. The van der Waals surface area contributed by atoms with Gasteiger partial charge in [-0.1, -0.05) is 12.1 Å². The van der Waals surface area contributed by atoms with E-state index in [1.807, 2.05) is 11.4 Å². The van der Waals surface area contributed by atoms with Crippen LogP contribution in [0.3, 0.4) is 0 Å². The van der Waals surface area contributed by atoms with Crippen molar-refractivity contribution >= 4 is 22.9 Å². The van der Waals surface area contributed by atoms with E-state index >= 15 is 0 Å². The Bertz CT molecular complexity index is 755. The highest BCUT2D eigenvalue weighted by Crippen LogP contribution is 2.28. The predicted octanol–water partition coefficient (Wildman–Crippen LogP) is 3.53. The van der Waals surface area contributed by atoms with Gasteiger partial charge in [0.2, 0.25) is 0 Å². The molecule has 0 spiro atoms. The average molecular weight is 359 g/mol. The van der Waals surface area contributed by atoms with Gasteiger partial charge in [-0.05, 0) is 50.4 Å². The van der Waals surface area contributed by atoms with Gasteiger partial charge in [0.25, 0.3) is 11.6 Å². The van der Waals surface area contributed by atoms with E-state index in [9.17, 15) is 14.9 Å². The minimum absolute atomic E-state index is 0.0259. The van der Waals surface area contributed by atoms with Crippen LogP contribution >= 0.6 is 11.3 Å². The summed E-state index contributed by atoms with van der Waals surface area (Å²) in [6.07, 6.45) is 2.36. The van der Waals surface area contributed by atoms with Gasteiger partial charge in [-0.3, -0.25) is 19.8 Å². The van der Waals surface area contributed by atoms with Crippen molar-refractivity contribution in [3.8, 4) is 0 Å². The summed E-state index contributed by atoms with van der Waals surface area (Å²) >= 11 is 1.69. The Hall–Kier alpha value is -2.25. The molecule has 0 radical (unpaired) electrons. The van der Waals surface area contributed by atoms with Gasteiger partial charge in [0.1, 0.15) is 0 Å². The molecule has 1 amide bonds. The maximum atomic E-state index is 12.5. The average Bonchev–Trinajstić information content (AvgIpc) is 3.29. The highest BCUT2D eigenvalue weighted by atomic mass is 32.1. The number of aryl methyl sites for hydroxylation is 1. The molecule has 0 bridgehead atoms. The van der Waals surface area contributed by atoms with Crippen LogP contribution in [0.1, 0.15) is 39.7 Å². The van der Waals surface area contributed by atoms with Crippen molar-refractivity contribution in [3.63, 3.8) is 0 Å². The lowest BCUT2D eigenvalue weighted by molar-refractivity contribution is -0.385. The lowest BCUT2D eigenvalue weighted by Gasteiger charge is -2.26. The number of likely N-dealkylation sites (tertiary alicyclic amines) is 1. The van der Waals surface area contributed by atoms with Crippen molar-refractivity contribution in [2.24, 2.45) is 0 Å². The molecule has 0 saturated carbocycles. The molecule has 132 valence electrons. The molecule has 6 nitrogen and oxygen atoms in total. The number of carbonyl (C=O) groups excluding carboxylic acids is 1. The first-order valence-electron chi connectivity index (χ1n) is 8.37. The summed E-state index contributed by atoms with van der Waals surface area (Å²) in [5.41, 5.74) is 0.848. The topological polar surface area (TPSA) is 75.5 Å². The number of thiophene rings is 1. The molecule has 1 unspecified atom stereocenters. The third-order valence-electron chi connectivity index (χ3n) is 4.58. The van der Waals surface area contributed by atoms with Gasteiger partial charge in [0.05, 0.1) is 11.0 Å². The summed E-state index contributed by atoms with van der Waals surface area (Å²) in [6.45, 7) is 4.24. The molecule has 2 heterocycles. The fraction of sp³-hybridized carbons (Fsp3) is 0.389. The van der Waals surface area contributed by atoms with E-state index < -0.39 is 4.92 Å². The number of nitro benzene ring substituents is 1. The molecule has 2 aromatic rings. The number of amides is 1. The highest BCUT2D eigenvalue weighted by Gasteiger charge is 2.25. The summed E-state index contributed by atoms with van der Waals surface area (Å²) in [4.78, 5) is 26.7. The molecule has 3 rings (SSSR count). The maximum absolute atomic E-state index is 12.5. The van der Waals surface area contributed by atoms with Gasteiger partial charge in [-0.2, -0.15) is 0 Å². The number of carbonyl (C=O) groups is 1. The van der Waals surface area contributed by atoms with Crippen LogP contribution in [0.25, 0.3) is 0 Å². The zero-order valence-electron chi connectivity index (χ0n) is 14.1. The van der Waals surface area contributed by atoms with Crippen LogP contribution in [-0.2, 0) is 0 Å². The van der Waals surface area contributed by atoms with E-state index in [2.05, 4.69) is 16.3 Å². The molecule has 1 fully saturated rings. The summed E-state index contributed by atoms with van der Waals surface area (Å²) in [5, 5.41) is 16.1. The second-order valence-electron chi connectivity index (χ2n) is 6.24. The second kappa shape index (κ2) is 7.76. The van der Waals surface area contributed by atoms with Gasteiger partial charge in [-0.25, -0.2) is 0 Å². The van der Waals surface area contributed by atoms with Crippen molar-refractivity contribution in [2.45, 2.75) is 25.8 Å². The molecular formula is C18H21N3O3S. The molecule has 25 heavy (non-hydrogen) atoms.